The molecule has 0 aliphatic heterocycles. The quantitative estimate of drug-likeness (QED) is 0.761. The number of rotatable bonds is 4. The monoisotopic (exact) mass is 254 g/mol. The molecule has 0 fully saturated rings. The van der Waals surface area contributed by atoms with E-state index in [1.165, 1.54) is 0 Å². The third-order valence-electron chi connectivity index (χ3n) is 2.78. The minimum Gasteiger partial charge on any atom is -0.294 e. The number of benzene rings is 1. The van der Waals surface area contributed by atoms with Gasteiger partial charge in [-0.05, 0) is 30.0 Å². The largest absolute Gasteiger partial charge is 0.294 e. The molecule has 1 aliphatic rings. The summed E-state index contributed by atoms with van der Waals surface area (Å²) >= 11 is 0. The number of Topliss-reactive ketones (excluding diaryl/α,β-unsaturated/α-hetero) is 1. The first-order valence-corrected chi connectivity index (χ1v) is 7.27. The van der Waals surface area contributed by atoms with E-state index in [0.717, 1.165) is 29.4 Å². The summed E-state index contributed by atoms with van der Waals surface area (Å²) in [6.07, 6.45) is 2.92. The highest BCUT2D eigenvalue weighted by Gasteiger charge is 2.19. The van der Waals surface area contributed by atoms with Crippen molar-refractivity contribution in [3.63, 3.8) is 0 Å². The van der Waals surface area contributed by atoms with Crippen molar-refractivity contribution in [3.05, 3.63) is 34.9 Å². The van der Waals surface area contributed by atoms with Crippen molar-refractivity contribution in [2.75, 3.05) is 12.9 Å². The lowest BCUT2D eigenvalue weighted by atomic mass is 10.0. The van der Waals surface area contributed by atoms with Gasteiger partial charge in [0.05, 0.1) is 12.9 Å². The van der Waals surface area contributed by atoms with E-state index in [2.05, 4.69) is 4.18 Å². The van der Waals surface area contributed by atoms with Gasteiger partial charge < -0.3 is 0 Å². The Morgan fingerprint density at radius 1 is 1.29 bits per heavy atom. The smallest absolute Gasteiger partial charge is 0.264 e. The predicted octanol–water partition coefficient (Wildman–Crippen LogP) is 1.33. The third kappa shape index (κ3) is 3.14. The Bertz CT molecular complexity index is 546. The molecule has 5 heteroatoms. The average molecular weight is 254 g/mol. The molecule has 0 aromatic heterocycles. The first-order chi connectivity index (χ1) is 7.96. The Morgan fingerprint density at radius 2 is 2.06 bits per heavy atom. The lowest BCUT2D eigenvalue weighted by Crippen LogP contribution is -2.06. The zero-order chi connectivity index (χ0) is 12.5. The molecule has 1 aromatic rings. The first-order valence-electron chi connectivity index (χ1n) is 5.45. The molecule has 17 heavy (non-hydrogen) atoms. The van der Waals surface area contributed by atoms with Crippen molar-refractivity contribution in [1.29, 1.82) is 0 Å². The second-order valence-electron chi connectivity index (χ2n) is 4.19. The highest BCUT2D eigenvalue weighted by molar-refractivity contribution is 7.85. The molecule has 0 spiro atoms. The van der Waals surface area contributed by atoms with Gasteiger partial charge in [-0.25, -0.2) is 0 Å². The van der Waals surface area contributed by atoms with Crippen LogP contribution in [0.1, 0.15) is 27.9 Å². The molecule has 0 unspecified atom stereocenters. The molecule has 0 amide bonds. The number of aryl methyl sites for hydroxylation is 1. The molecule has 0 radical (unpaired) electrons. The van der Waals surface area contributed by atoms with Gasteiger partial charge in [0.1, 0.15) is 0 Å². The van der Waals surface area contributed by atoms with Crippen LogP contribution in [0, 0.1) is 0 Å². The lowest BCUT2D eigenvalue weighted by Gasteiger charge is -2.04. The van der Waals surface area contributed by atoms with Crippen LogP contribution in [-0.2, 0) is 27.1 Å². The molecular formula is C12H14O4S. The van der Waals surface area contributed by atoms with E-state index in [9.17, 15) is 13.2 Å². The van der Waals surface area contributed by atoms with Crippen LogP contribution in [0.25, 0.3) is 0 Å². The number of carbonyl (C=O) groups excluding carboxylic acids is 1. The standard InChI is InChI=1S/C12H14O4S/c1-17(14,15)16-7-6-9-2-3-10-4-5-12(13)11(10)8-9/h2-3,8H,4-7H2,1H3. The summed E-state index contributed by atoms with van der Waals surface area (Å²) in [5, 5.41) is 0. The van der Waals surface area contributed by atoms with E-state index in [-0.39, 0.29) is 12.4 Å². The van der Waals surface area contributed by atoms with Crippen LogP contribution in [-0.4, -0.2) is 27.1 Å². The van der Waals surface area contributed by atoms with Gasteiger partial charge >= 0.3 is 0 Å². The van der Waals surface area contributed by atoms with Crippen molar-refractivity contribution in [2.45, 2.75) is 19.3 Å². The zero-order valence-corrected chi connectivity index (χ0v) is 10.4. The second-order valence-corrected chi connectivity index (χ2v) is 5.83. The maximum atomic E-state index is 11.5. The minimum atomic E-state index is -3.38. The molecule has 92 valence electrons. The summed E-state index contributed by atoms with van der Waals surface area (Å²) < 4.78 is 26.2. The number of hydrogen-bond donors (Lipinski definition) is 0. The van der Waals surface area contributed by atoms with Crippen LogP contribution < -0.4 is 0 Å². The van der Waals surface area contributed by atoms with E-state index in [4.69, 9.17) is 0 Å². The molecule has 0 heterocycles. The third-order valence-corrected chi connectivity index (χ3v) is 3.38. The van der Waals surface area contributed by atoms with Gasteiger partial charge in [0.15, 0.2) is 5.78 Å². The van der Waals surface area contributed by atoms with Gasteiger partial charge in [-0.2, -0.15) is 8.42 Å². The second kappa shape index (κ2) is 4.58. The number of fused-ring (bicyclic) bond motifs is 1. The van der Waals surface area contributed by atoms with Crippen LogP contribution in [0.3, 0.4) is 0 Å². The van der Waals surface area contributed by atoms with Crippen LogP contribution in [0.5, 0.6) is 0 Å². The molecule has 0 saturated carbocycles. The SMILES string of the molecule is CS(=O)(=O)OCCc1ccc2c(c1)C(=O)CC2. The Labute approximate surface area is 101 Å². The van der Waals surface area contributed by atoms with E-state index in [1.54, 1.807) is 0 Å². The van der Waals surface area contributed by atoms with Gasteiger partial charge in [0.25, 0.3) is 10.1 Å². The van der Waals surface area contributed by atoms with Crippen molar-refractivity contribution >= 4 is 15.9 Å². The van der Waals surface area contributed by atoms with Crippen molar-refractivity contribution in [1.82, 2.24) is 0 Å². The molecule has 0 atom stereocenters. The Morgan fingerprint density at radius 3 is 2.76 bits per heavy atom. The fourth-order valence-electron chi connectivity index (χ4n) is 1.95. The van der Waals surface area contributed by atoms with Crippen LogP contribution in [0.15, 0.2) is 18.2 Å². The molecular weight excluding hydrogens is 240 g/mol. The van der Waals surface area contributed by atoms with Gasteiger partial charge in [-0.3, -0.25) is 8.98 Å². The lowest BCUT2D eigenvalue weighted by molar-refractivity contribution is 0.0994. The normalized spacial score (nSPS) is 15.0. The molecule has 1 aliphatic carbocycles. The Balaban J connectivity index is 2.04. The summed E-state index contributed by atoms with van der Waals surface area (Å²) in [7, 11) is -3.38. The average Bonchev–Trinajstić information content (AvgIpc) is 2.59. The summed E-state index contributed by atoms with van der Waals surface area (Å²) in [6, 6.07) is 5.70. The molecule has 2 rings (SSSR count). The van der Waals surface area contributed by atoms with Crippen LogP contribution >= 0.6 is 0 Å². The van der Waals surface area contributed by atoms with E-state index >= 15 is 0 Å². The van der Waals surface area contributed by atoms with Crippen molar-refractivity contribution < 1.29 is 17.4 Å². The van der Waals surface area contributed by atoms with Crippen LogP contribution in [0.4, 0.5) is 0 Å². The number of ketones is 1. The highest BCUT2D eigenvalue weighted by Crippen LogP contribution is 2.23. The van der Waals surface area contributed by atoms with Crippen molar-refractivity contribution in [3.8, 4) is 0 Å². The highest BCUT2D eigenvalue weighted by atomic mass is 32.2. The topological polar surface area (TPSA) is 60.4 Å². The molecule has 0 N–H and O–H groups in total. The van der Waals surface area contributed by atoms with E-state index in [0.29, 0.717) is 12.8 Å². The minimum absolute atomic E-state index is 0.117. The molecule has 0 saturated heterocycles. The summed E-state index contributed by atoms with van der Waals surface area (Å²) in [6.45, 7) is 0.117. The van der Waals surface area contributed by atoms with Gasteiger partial charge in [-0.15, -0.1) is 0 Å². The summed E-state index contributed by atoms with van der Waals surface area (Å²) in [5.74, 6) is 0.172. The van der Waals surface area contributed by atoms with E-state index < -0.39 is 10.1 Å². The van der Waals surface area contributed by atoms with Gasteiger partial charge in [0.2, 0.25) is 0 Å². The maximum Gasteiger partial charge on any atom is 0.264 e. The Kier molecular flexibility index (Phi) is 3.31. The maximum absolute atomic E-state index is 11.5. The Hall–Kier alpha value is -1.20. The van der Waals surface area contributed by atoms with Crippen LogP contribution in [0.2, 0.25) is 0 Å². The molecule has 0 bridgehead atoms. The fourth-order valence-corrected chi connectivity index (χ4v) is 2.34. The van der Waals surface area contributed by atoms with Gasteiger partial charge in [-0.1, -0.05) is 12.1 Å². The summed E-state index contributed by atoms with van der Waals surface area (Å²) in [5.41, 5.74) is 2.80. The molecule has 4 nitrogen and oxygen atoms in total. The predicted molar refractivity (Wildman–Crippen MR) is 63.6 cm³/mol. The zero-order valence-electron chi connectivity index (χ0n) is 9.60. The number of carbonyl (C=O) groups is 1. The van der Waals surface area contributed by atoms with E-state index in [1.807, 2.05) is 18.2 Å². The fraction of sp³-hybridized carbons (Fsp3) is 0.417. The first kappa shape index (κ1) is 12.3. The number of hydrogen-bond acceptors (Lipinski definition) is 4. The van der Waals surface area contributed by atoms with Crippen molar-refractivity contribution in [2.24, 2.45) is 0 Å². The summed E-state index contributed by atoms with van der Waals surface area (Å²) in [4.78, 5) is 11.5. The van der Waals surface area contributed by atoms with Gasteiger partial charge in [0, 0.05) is 12.0 Å². The molecule has 1 aromatic carbocycles.